The number of aliphatic hydroxyl groups is 1. The fourth-order valence-corrected chi connectivity index (χ4v) is 0.810. The fraction of sp³-hybridized carbons (Fsp3) is 0.714. The van der Waals surface area contributed by atoms with Gasteiger partial charge in [-0.25, -0.2) is 4.98 Å². The molecule has 68 valence electrons. The highest BCUT2D eigenvalue weighted by molar-refractivity contribution is 4.82. The predicted molar refractivity (Wildman–Crippen MR) is 44.4 cm³/mol. The summed E-state index contributed by atoms with van der Waals surface area (Å²) in [5, 5.41) is 15.8. The molecule has 0 amide bonds. The average molecular weight is 170 g/mol. The number of nitrogens with zero attached hydrogens (tertiary/aromatic N) is 3. The number of hydrogen-bond acceptors (Lipinski definition) is 4. The number of aliphatic hydroxyl groups excluding tert-OH is 1. The van der Waals surface area contributed by atoms with Crippen molar-refractivity contribution >= 4 is 0 Å². The van der Waals surface area contributed by atoms with E-state index in [0.717, 1.165) is 5.82 Å². The molecule has 1 atom stereocenters. The van der Waals surface area contributed by atoms with Gasteiger partial charge in [-0.3, -0.25) is 4.68 Å². The largest absolute Gasteiger partial charge is 0.395 e. The molecule has 1 aromatic heterocycles. The molecule has 1 heterocycles. The van der Waals surface area contributed by atoms with Crippen molar-refractivity contribution in [3.05, 3.63) is 12.2 Å². The maximum Gasteiger partial charge on any atom is 0.140 e. The quantitative estimate of drug-likeness (QED) is 0.626. The van der Waals surface area contributed by atoms with Crippen LogP contribution in [0, 0.1) is 0 Å². The minimum atomic E-state index is 0.0988. The molecule has 0 aliphatic heterocycles. The summed E-state index contributed by atoms with van der Waals surface area (Å²) in [6, 6.07) is 0.0988. The van der Waals surface area contributed by atoms with E-state index >= 15 is 0 Å². The molecule has 0 fully saturated rings. The third kappa shape index (κ3) is 2.28. The summed E-state index contributed by atoms with van der Waals surface area (Å²) in [5.41, 5.74) is 0. The number of rotatable bonds is 4. The van der Waals surface area contributed by atoms with Crippen molar-refractivity contribution < 1.29 is 5.11 Å². The Bertz CT molecular complexity index is 235. The Morgan fingerprint density at radius 3 is 3.00 bits per heavy atom. The van der Waals surface area contributed by atoms with E-state index in [1.54, 1.807) is 4.68 Å². The van der Waals surface area contributed by atoms with Crippen molar-refractivity contribution in [3.8, 4) is 0 Å². The molecule has 0 bridgehead atoms. The number of aromatic nitrogens is 3. The van der Waals surface area contributed by atoms with Crippen LogP contribution in [0.25, 0.3) is 0 Å². The monoisotopic (exact) mass is 170 g/mol. The van der Waals surface area contributed by atoms with E-state index < -0.39 is 0 Å². The van der Waals surface area contributed by atoms with Gasteiger partial charge in [-0.1, -0.05) is 0 Å². The van der Waals surface area contributed by atoms with E-state index in [0.29, 0.717) is 6.54 Å². The van der Waals surface area contributed by atoms with Gasteiger partial charge < -0.3 is 10.4 Å². The molecule has 0 spiro atoms. The maximum atomic E-state index is 8.73. The van der Waals surface area contributed by atoms with Crippen LogP contribution in [0.3, 0.4) is 0 Å². The molecule has 1 rings (SSSR count). The SMILES string of the molecule is CC(CO)NCc1ncnn1C. The van der Waals surface area contributed by atoms with E-state index in [1.165, 1.54) is 6.33 Å². The summed E-state index contributed by atoms with van der Waals surface area (Å²) in [6.07, 6.45) is 1.51. The molecular weight excluding hydrogens is 156 g/mol. The number of hydrogen-bond donors (Lipinski definition) is 2. The normalized spacial score (nSPS) is 13.2. The van der Waals surface area contributed by atoms with E-state index in [-0.39, 0.29) is 12.6 Å². The highest BCUT2D eigenvalue weighted by atomic mass is 16.3. The summed E-state index contributed by atoms with van der Waals surface area (Å²) in [6.45, 7) is 2.69. The molecule has 0 saturated carbocycles. The molecule has 12 heavy (non-hydrogen) atoms. The molecule has 1 unspecified atom stereocenters. The zero-order valence-corrected chi connectivity index (χ0v) is 7.36. The Morgan fingerprint density at radius 2 is 2.50 bits per heavy atom. The first-order valence-electron chi connectivity index (χ1n) is 3.91. The zero-order valence-electron chi connectivity index (χ0n) is 7.36. The lowest BCUT2D eigenvalue weighted by atomic mass is 10.3. The Kier molecular flexibility index (Phi) is 3.19. The standard InChI is InChI=1S/C7H14N4O/c1-6(4-12)8-3-7-9-5-10-11(7)2/h5-6,8,12H,3-4H2,1-2H3. The molecular formula is C7H14N4O. The van der Waals surface area contributed by atoms with Crippen molar-refractivity contribution in [1.82, 2.24) is 20.1 Å². The summed E-state index contributed by atoms with van der Waals surface area (Å²) in [4.78, 5) is 4.03. The Hall–Kier alpha value is -0.940. The summed E-state index contributed by atoms with van der Waals surface area (Å²) in [5.74, 6) is 0.871. The van der Waals surface area contributed by atoms with Gasteiger partial charge in [0.05, 0.1) is 13.2 Å². The summed E-state index contributed by atoms with van der Waals surface area (Å²) >= 11 is 0. The van der Waals surface area contributed by atoms with Crippen LogP contribution in [0.5, 0.6) is 0 Å². The molecule has 5 nitrogen and oxygen atoms in total. The third-order valence-electron chi connectivity index (χ3n) is 1.69. The molecule has 0 aliphatic carbocycles. The van der Waals surface area contributed by atoms with Crippen LogP contribution in [0.2, 0.25) is 0 Å². The van der Waals surface area contributed by atoms with E-state index in [9.17, 15) is 0 Å². The van der Waals surface area contributed by atoms with Crippen molar-refractivity contribution in [3.63, 3.8) is 0 Å². The van der Waals surface area contributed by atoms with Crippen LogP contribution in [-0.2, 0) is 13.6 Å². The first-order chi connectivity index (χ1) is 5.74. The molecule has 0 radical (unpaired) electrons. The molecule has 2 N–H and O–H groups in total. The predicted octanol–water partition coefficient (Wildman–Crippen LogP) is -0.715. The Labute approximate surface area is 71.4 Å². The fourth-order valence-electron chi connectivity index (χ4n) is 0.810. The molecule has 5 heteroatoms. The lowest BCUT2D eigenvalue weighted by Gasteiger charge is -2.09. The van der Waals surface area contributed by atoms with Crippen molar-refractivity contribution in [2.45, 2.75) is 19.5 Å². The zero-order chi connectivity index (χ0) is 8.97. The van der Waals surface area contributed by atoms with Gasteiger partial charge in [-0.05, 0) is 6.92 Å². The van der Waals surface area contributed by atoms with Gasteiger partial charge in [0.25, 0.3) is 0 Å². The van der Waals surface area contributed by atoms with Gasteiger partial charge in [-0.15, -0.1) is 0 Å². The van der Waals surface area contributed by atoms with Gasteiger partial charge in [0.1, 0.15) is 12.2 Å². The van der Waals surface area contributed by atoms with Crippen LogP contribution in [0.15, 0.2) is 6.33 Å². The number of nitrogens with one attached hydrogen (secondary N) is 1. The molecule has 0 aromatic carbocycles. The van der Waals surface area contributed by atoms with Crippen LogP contribution in [0.4, 0.5) is 0 Å². The number of aryl methyl sites for hydroxylation is 1. The third-order valence-corrected chi connectivity index (χ3v) is 1.69. The molecule has 0 aliphatic rings. The Balaban J connectivity index is 2.38. The topological polar surface area (TPSA) is 63.0 Å². The summed E-state index contributed by atoms with van der Waals surface area (Å²) in [7, 11) is 1.84. The lowest BCUT2D eigenvalue weighted by Crippen LogP contribution is -2.29. The Morgan fingerprint density at radius 1 is 1.75 bits per heavy atom. The minimum absolute atomic E-state index is 0.0988. The second kappa shape index (κ2) is 4.18. The molecule has 1 aromatic rings. The van der Waals surface area contributed by atoms with Crippen molar-refractivity contribution in [1.29, 1.82) is 0 Å². The minimum Gasteiger partial charge on any atom is -0.395 e. The van der Waals surface area contributed by atoms with Crippen LogP contribution < -0.4 is 5.32 Å². The van der Waals surface area contributed by atoms with Crippen LogP contribution in [0.1, 0.15) is 12.7 Å². The first-order valence-corrected chi connectivity index (χ1v) is 3.91. The maximum absolute atomic E-state index is 8.73. The van der Waals surface area contributed by atoms with Crippen molar-refractivity contribution in [2.24, 2.45) is 7.05 Å². The van der Waals surface area contributed by atoms with Gasteiger partial charge >= 0.3 is 0 Å². The average Bonchev–Trinajstić information content (AvgIpc) is 2.47. The van der Waals surface area contributed by atoms with Gasteiger partial charge in [-0.2, -0.15) is 5.10 Å². The van der Waals surface area contributed by atoms with E-state index in [2.05, 4.69) is 15.4 Å². The van der Waals surface area contributed by atoms with Crippen LogP contribution in [-0.4, -0.2) is 32.5 Å². The second-order valence-electron chi connectivity index (χ2n) is 2.76. The second-order valence-corrected chi connectivity index (χ2v) is 2.76. The van der Waals surface area contributed by atoms with E-state index in [4.69, 9.17) is 5.11 Å². The van der Waals surface area contributed by atoms with E-state index in [1.807, 2.05) is 14.0 Å². The van der Waals surface area contributed by atoms with Crippen molar-refractivity contribution in [2.75, 3.05) is 6.61 Å². The highest BCUT2D eigenvalue weighted by Gasteiger charge is 2.02. The van der Waals surface area contributed by atoms with Gasteiger partial charge in [0.2, 0.25) is 0 Å². The highest BCUT2D eigenvalue weighted by Crippen LogP contribution is 1.90. The molecule has 0 saturated heterocycles. The van der Waals surface area contributed by atoms with Gasteiger partial charge in [0.15, 0.2) is 0 Å². The lowest BCUT2D eigenvalue weighted by molar-refractivity contribution is 0.250. The first kappa shape index (κ1) is 9.15. The smallest absolute Gasteiger partial charge is 0.140 e. The van der Waals surface area contributed by atoms with Crippen LogP contribution >= 0.6 is 0 Å². The summed E-state index contributed by atoms with van der Waals surface area (Å²) < 4.78 is 1.71. The van der Waals surface area contributed by atoms with Gasteiger partial charge in [0, 0.05) is 13.1 Å².